The molecule has 0 bridgehead atoms. The summed E-state index contributed by atoms with van der Waals surface area (Å²) in [6, 6.07) is 12.0. The van der Waals surface area contributed by atoms with Crippen molar-refractivity contribution in [2.75, 3.05) is 6.61 Å². The average molecular weight is 344 g/mol. The molecule has 5 nitrogen and oxygen atoms in total. The topological polar surface area (TPSA) is 68.5 Å². The van der Waals surface area contributed by atoms with Gasteiger partial charge in [0.15, 0.2) is 6.61 Å². The highest BCUT2D eigenvalue weighted by Crippen LogP contribution is 2.23. The molecule has 0 fully saturated rings. The predicted octanol–water partition coefficient (Wildman–Crippen LogP) is 4.02. The Balaban J connectivity index is 1.86. The minimum atomic E-state index is -1.08. The first-order valence-electron chi connectivity index (χ1n) is 7.23. The summed E-state index contributed by atoms with van der Waals surface area (Å²) in [5.74, 6) is -0.904. The summed E-state index contributed by atoms with van der Waals surface area (Å²) in [5.41, 5.74) is 1.47. The van der Waals surface area contributed by atoms with Crippen LogP contribution in [0.5, 0.6) is 5.75 Å². The highest BCUT2D eigenvalue weighted by molar-refractivity contribution is 6.31. The van der Waals surface area contributed by atoms with E-state index in [2.05, 4.69) is 0 Å². The number of aryl methyl sites for hydroxylation is 1. The number of aromatic carboxylic acids is 1. The third-order valence-electron chi connectivity index (χ3n) is 3.70. The second-order valence-corrected chi connectivity index (χ2v) is 5.74. The highest BCUT2D eigenvalue weighted by Gasteiger charge is 2.17. The average Bonchev–Trinajstić information content (AvgIpc) is 2.96. The molecule has 0 aliphatic rings. The standard InChI is InChI=1S/C18H14ClNO4/c1-11-8-12(6-7-15(11)19)24-10-17(21)20-9-14(18(22)23)13-4-2-3-5-16(13)20/h2-9H,10H2,1H3,(H,22,23). The number of hydrogen-bond donors (Lipinski definition) is 1. The molecular weight excluding hydrogens is 330 g/mol. The first-order valence-corrected chi connectivity index (χ1v) is 7.60. The van der Waals surface area contributed by atoms with Crippen molar-refractivity contribution in [2.24, 2.45) is 0 Å². The van der Waals surface area contributed by atoms with Crippen molar-refractivity contribution < 1.29 is 19.4 Å². The summed E-state index contributed by atoms with van der Waals surface area (Å²) in [5, 5.41) is 10.4. The number of carboxylic acid groups (broad SMARTS) is 1. The molecule has 0 amide bonds. The first kappa shape index (κ1) is 16.1. The van der Waals surface area contributed by atoms with E-state index in [4.69, 9.17) is 16.3 Å². The van der Waals surface area contributed by atoms with E-state index < -0.39 is 5.97 Å². The third kappa shape index (κ3) is 2.98. The number of benzene rings is 2. The molecular formula is C18H14ClNO4. The SMILES string of the molecule is Cc1cc(OCC(=O)n2cc(C(=O)O)c3ccccc32)ccc1Cl. The fourth-order valence-corrected chi connectivity index (χ4v) is 2.60. The number of ether oxygens (including phenoxy) is 1. The van der Waals surface area contributed by atoms with Crippen LogP contribution in [0.15, 0.2) is 48.7 Å². The Hall–Kier alpha value is -2.79. The Morgan fingerprint density at radius 2 is 1.96 bits per heavy atom. The van der Waals surface area contributed by atoms with Crippen molar-refractivity contribution in [3.05, 3.63) is 64.8 Å². The van der Waals surface area contributed by atoms with Crippen LogP contribution >= 0.6 is 11.6 Å². The lowest BCUT2D eigenvalue weighted by Gasteiger charge is -2.08. The molecule has 1 aromatic heterocycles. The number of carbonyl (C=O) groups is 2. The molecule has 3 aromatic rings. The van der Waals surface area contributed by atoms with Crippen molar-refractivity contribution >= 4 is 34.4 Å². The Morgan fingerprint density at radius 1 is 1.21 bits per heavy atom. The van der Waals surface area contributed by atoms with Gasteiger partial charge in [0, 0.05) is 16.6 Å². The van der Waals surface area contributed by atoms with E-state index in [0.29, 0.717) is 21.7 Å². The lowest BCUT2D eigenvalue weighted by atomic mass is 10.2. The predicted molar refractivity (Wildman–Crippen MR) is 91.2 cm³/mol. The van der Waals surface area contributed by atoms with Crippen molar-refractivity contribution in [3.63, 3.8) is 0 Å². The Morgan fingerprint density at radius 3 is 2.67 bits per heavy atom. The molecule has 0 atom stereocenters. The molecule has 0 radical (unpaired) electrons. The van der Waals surface area contributed by atoms with Crippen LogP contribution in [-0.4, -0.2) is 28.2 Å². The maximum Gasteiger partial charge on any atom is 0.337 e. The summed E-state index contributed by atoms with van der Waals surface area (Å²) in [6.07, 6.45) is 1.33. The second kappa shape index (κ2) is 6.37. The number of fused-ring (bicyclic) bond motifs is 1. The molecule has 0 spiro atoms. The zero-order valence-corrected chi connectivity index (χ0v) is 13.6. The number of para-hydroxylation sites is 1. The number of hydrogen-bond acceptors (Lipinski definition) is 3. The molecule has 1 heterocycles. The molecule has 0 aliphatic carbocycles. The number of carboxylic acids is 1. The van der Waals surface area contributed by atoms with Crippen molar-refractivity contribution in [2.45, 2.75) is 6.92 Å². The Kier molecular flexibility index (Phi) is 4.27. The van der Waals surface area contributed by atoms with Crippen molar-refractivity contribution in [3.8, 4) is 5.75 Å². The molecule has 6 heteroatoms. The van der Waals surface area contributed by atoms with Gasteiger partial charge in [0.05, 0.1) is 11.1 Å². The fourth-order valence-electron chi connectivity index (χ4n) is 2.48. The van der Waals surface area contributed by atoms with Crippen LogP contribution in [0.4, 0.5) is 0 Å². The van der Waals surface area contributed by atoms with Crippen molar-refractivity contribution in [1.29, 1.82) is 0 Å². The maximum atomic E-state index is 12.4. The smallest absolute Gasteiger partial charge is 0.337 e. The van der Waals surface area contributed by atoms with Crippen molar-refractivity contribution in [1.82, 2.24) is 4.57 Å². The summed E-state index contributed by atoms with van der Waals surface area (Å²) in [7, 11) is 0. The minimum absolute atomic E-state index is 0.0845. The molecule has 0 aliphatic heterocycles. The zero-order valence-electron chi connectivity index (χ0n) is 12.8. The molecule has 24 heavy (non-hydrogen) atoms. The molecule has 0 saturated heterocycles. The van der Waals surface area contributed by atoms with Gasteiger partial charge in [-0.15, -0.1) is 0 Å². The van der Waals surface area contributed by atoms with Gasteiger partial charge in [-0.1, -0.05) is 29.8 Å². The monoisotopic (exact) mass is 343 g/mol. The van der Waals surface area contributed by atoms with Crippen LogP contribution in [0, 0.1) is 6.92 Å². The minimum Gasteiger partial charge on any atom is -0.484 e. The van der Waals surface area contributed by atoms with Gasteiger partial charge < -0.3 is 9.84 Å². The second-order valence-electron chi connectivity index (χ2n) is 5.33. The molecule has 122 valence electrons. The van der Waals surface area contributed by atoms with E-state index in [1.807, 2.05) is 6.92 Å². The van der Waals surface area contributed by atoms with E-state index in [-0.39, 0.29) is 18.1 Å². The van der Waals surface area contributed by atoms with Gasteiger partial charge in [-0.05, 0) is 36.8 Å². The van der Waals surface area contributed by atoms with E-state index in [1.165, 1.54) is 10.8 Å². The normalized spacial score (nSPS) is 10.8. The van der Waals surface area contributed by atoms with Crippen LogP contribution < -0.4 is 4.74 Å². The Bertz CT molecular complexity index is 945. The van der Waals surface area contributed by atoms with Gasteiger partial charge >= 0.3 is 5.97 Å². The van der Waals surface area contributed by atoms with Crippen LogP contribution in [0.2, 0.25) is 5.02 Å². The van der Waals surface area contributed by atoms with Gasteiger partial charge in [0.1, 0.15) is 5.75 Å². The van der Waals surface area contributed by atoms with Gasteiger partial charge in [-0.25, -0.2) is 4.79 Å². The van der Waals surface area contributed by atoms with E-state index in [1.54, 1.807) is 42.5 Å². The molecule has 2 aromatic carbocycles. The van der Waals surface area contributed by atoms with Crippen LogP contribution in [0.1, 0.15) is 20.7 Å². The summed E-state index contributed by atoms with van der Waals surface area (Å²) >= 11 is 5.95. The number of aromatic nitrogens is 1. The zero-order chi connectivity index (χ0) is 17.3. The Labute approximate surface area is 143 Å². The number of nitrogens with zero attached hydrogens (tertiary/aromatic N) is 1. The molecule has 0 saturated carbocycles. The van der Waals surface area contributed by atoms with Gasteiger partial charge in [0.2, 0.25) is 0 Å². The van der Waals surface area contributed by atoms with Gasteiger partial charge in [0.25, 0.3) is 5.91 Å². The largest absolute Gasteiger partial charge is 0.484 e. The number of halogens is 1. The van der Waals surface area contributed by atoms with Gasteiger partial charge in [-0.3, -0.25) is 9.36 Å². The summed E-state index contributed by atoms with van der Waals surface area (Å²) in [4.78, 5) is 23.8. The summed E-state index contributed by atoms with van der Waals surface area (Å²) < 4.78 is 6.81. The van der Waals surface area contributed by atoms with E-state index >= 15 is 0 Å². The fraction of sp³-hybridized carbons (Fsp3) is 0.111. The quantitative estimate of drug-likeness (QED) is 0.776. The number of rotatable bonds is 4. The van der Waals surface area contributed by atoms with Crippen LogP contribution in [-0.2, 0) is 0 Å². The van der Waals surface area contributed by atoms with Crippen LogP contribution in [0.3, 0.4) is 0 Å². The maximum absolute atomic E-state index is 12.4. The number of carbonyl (C=O) groups excluding carboxylic acids is 1. The first-order chi connectivity index (χ1) is 11.5. The van der Waals surface area contributed by atoms with Crippen LogP contribution in [0.25, 0.3) is 10.9 Å². The van der Waals surface area contributed by atoms with Gasteiger partial charge in [-0.2, -0.15) is 0 Å². The lowest BCUT2D eigenvalue weighted by molar-refractivity contribution is 0.0699. The third-order valence-corrected chi connectivity index (χ3v) is 4.13. The summed E-state index contributed by atoms with van der Waals surface area (Å²) in [6.45, 7) is 1.63. The molecule has 1 N–H and O–H groups in total. The highest BCUT2D eigenvalue weighted by atomic mass is 35.5. The lowest BCUT2D eigenvalue weighted by Crippen LogP contribution is -2.18. The molecule has 3 rings (SSSR count). The van der Waals surface area contributed by atoms with E-state index in [9.17, 15) is 14.7 Å². The molecule has 0 unspecified atom stereocenters. The van der Waals surface area contributed by atoms with E-state index in [0.717, 1.165) is 5.56 Å².